The molecule has 0 aliphatic carbocycles. The van der Waals surface area contributed by atoms with E-state index in [1.165, 1.54) is 12.1 Å². The number of carbonyl (C=O) groups excluding carboxylic acids is 1. The van der Waals surface area contributed by atoms with Crippen molar-refractivity contribution in [3.05, 3.63) is 75.3 Å². The molecule has 0 aliphatic rings. The number of hydrogen-bond donors (Lipinski definition) is 1. The van der Waals surface area contributed by atoms with Crippen molar-refractivity contribution < 1.29 is 19.2 Å². The molecule has 0 spiro atoms. The van der Waals surface area contributed by atoms with Gasteiger partial charge >= 0.3 is 0 Å². The van der Waals surface area contributed by atoms with Crippen molar-refractivity contribution in [2.45, 2.75) is 0 Å². The van der Waals surface area contributed by atoms with Crippen molar-refractivity contribution in [1.82, 2.24) is 25.1 Å². The lowest BCUT2D eigenvalue weighted by Gasteiger charge is -2.08. The number of amides is 1. The first kappa shape index (κ1) is 22.0. The van der Waals surface area contributed by atoms with Crippen LogP contribution in [-0.4, -0.2) is 50.9 Å². The van der Waals surface area contributed by atoms with E-state index in [1.807, 2.05) is 24.3 Å². The molecule has 4 aromatic rings. The first-order valence-corrected chi connectivity index (χ1v) is 10.1. The molecule has 2 heterocycles. The van der Waals surface area contributed by atoms with Gasteiger partial charge in [-0.15, -0.1) is 15.3 Å². The molecule has 2 aromatic carbocycles. The van der Waals surface area contributed by atoms with Crippen LogP contribution in [0, 0.1) is 10.1 Å². The Morgan fingerprint density at radius 3 is 2.67 bits per heavy atom. The predicted octanol–water partition coefficient (Wildman–Crippen LogP) is 3.17. The molecule has 0 saturated heterocycles. The molecule has 0 fully saturated rings. The lowest BCUT2D eigenvalue weighted by molar-refractivity contribution is -0.384. The first-order valence-electron chi connectivity index (χ1n) is 9.68. The summed E-state index contributed by atoms with van der Waals surface area (Å²) >= 11 is 5.77. The highest BCUT2D eigenvalue weighted by Gasteiger charge is 2.16. The number of nitro benzene ring substituents is 1. The van der Waals surface area contributed by atoms with Gasteiger partial charge in [0.25, 0.3) is 11.6 Å². The van der Waals surface area contributed by atoms with Crippen LogP contribution in [0.5, 0.6) is 11.6 Å². The van der Waals surface area contributed by atoms with Crippen molar-refractivity contribution in [2.24, 2.45) is 0 Å². The number of benzene rings is 2. The van der Waals surface area contributed by atoms with Crippen molar-refractivity contribution >= 4 is 28.8 Å². The highest BCUT2D eigenvalue weighted by molar-refractivity contribution is 6.32. The van der Waals surface area contributed by atoms with E-state index in [0.717, 1.165) is 17.4 Å². The molecule has 0 atom stereocenters. The minimum atomic E-state index is -0.644. The molecular weight excluding hydrogens is 452 g/mol. The van der Waals surface area contributed by atoms with Crippen LogP contribution in [0.3, 0.4) is 0 Å². The fourth-order valence-electron chi connectivity index (χ4n) is 2.99. The molecular formula is C21H17ClN6O5. The zero-order valence-electron chi connectivity index (χ0n) is 17.3. The normalized spacial score (nSPS) is 10.7. The smallest absolute Gasteiger partial charge is 0.288 e. The summed E-state index contributed by atoms with van der Waals surface area (Å²) in [5, 5.41) is 26.3. The fourth-order valence-corrected chi connectivity index (χ4v) is 3.17. The van der Waals surface area contributed by atoms with E-state index in [1.54, 1.807) is 23.8 Å². The number of nitrogens with one attached hydrogen (secondary N) is 1. The average molecular weight is 469 g/mol. The number of hydrogen-bond acceptors (Lipinski definition) is 8. The van der Waals surface area contributed by atoms with Crippen LogP contribution in [0.4, 0.5) is 5.69 Å². The number of rotatable bonds is 8. The van der Waals surface area contributed by atoms with Gasteiger partial charge in [-0.2, -0.15) is 4.52 Å². The molecule has 2 aromatic heterocycles. The quantitative estimate of drug-likeness (QED) is 0.237. The van der Waals surface area contributed by atoms with Gasteiger partial charge in [0.15, 0.2) is 11.5 Å². The van der Waals surface area contributed by atoms with Crippen LogP contribution in [0.25, 0.3) is 17.0 Å². The molecule has 0 bridgehead atoms. The van der Waals surface area contributed by atoms with Gasteiger partial charge in [-0.1, -0.05) is 11.6 Å². The zero-order chi connectivity index (χ0) is 23.4. The number of ether oxygens (including phenoxy) is 2. The summed E-state index contributed by atoms with van der Waals surface area (Å²) in [6.45, 7) is 0.280. The van der Waals surface area contributed by atoms with E-state index in [9.17, 15) is 14.9 Å². The number of nitro groups is 1. The Balaban J connectivity index is 1.39. The standard InChI is InChI=1S/C21H17ClN6O5/c1-32-15-5-2-13(3-6-15)20-25-24-18-8-9-19(26-27(18)20)33-11-10-23-21(29)14-4-7-16(22)17(12-14)28(30)31/h2-9,12H,10-11H2,1H3,(H,23,29). The topological polar surface area (TPSA) is 134 Å². The van der Waals surface area contributed by atoms with Gasteiger partial charge in [0.1, 0.15) is 17.4 Å². The number of fused-ring (bicyclic) bond motifs is 1. The first-order chi connectivity index (χ1) is 16.0. The predicted molar refractivity (Wildman–Crippen MR) is 119 cm³/mol. The highest BCUT2D eigenvalue weighted by Crippen LogP contribution is 2.25. The summed E-state index contributed by atoms with van der Waals surface area (Å²) in [6.07, 6.45) is 0. The van der Waals surface area contributed by atoms with Crippen molar-refractivity contribution in [2.75, 3.05) is 20.3 Å². The van der Waals surface area contributed by atoms with Crippen molar-refractivity contribution in [3.63, 3.8) is 0 Å². The Morgan fingerprint density at radius 1 is 1.15 bits per heavy atom. The van der Waals surface area contributed by atoms with E-state index in [2.05, 4.69) is 20.6 Å². The van der Waals surface area contributed by atoms with E-state index >= 15 is 0 Å². The maximum absolute atomic E-state index is 12.3. The molecule has 12 heteroatoms. The van der Waals surface area contributed by atoms with E-state index in [0.29, 0.717) is 17.4 Å². The van der Waals surface area contributed by atoms with Gasteiger partial charge in [0, 0.05) is 23.3 Å². The Labute approximate surface area is 192 Å². The average Bonchev–Trinajstić information content (AvgIpc) is 3.25. The number of nitrogens with zero attached hydrogens (tertiary/aromatic N) is 5. The molecule has 0 saturated carbocycles. The van der Waals surface area contributed by atoms with Gasteiger partial charge in [0.2, 0.25) is 5.88 Å². The third-order valence-electron chi connectivity index (χ3n) is 4.63. The Kier molecular flexibility index (Phi) is 6.31. The van der Waals surface area contributed by atoms with E-state index in [-0.39, 0.29) is 29.4 Å². The highest BCUT2D eigenvalue weighted by atomic mass is 35.5. The summed E-state index contributed by atoms with van der Waals surface area (Å²) < 4.78 is 12.4. The van der Waals surface area contributed by atoms with Crippen LogP contribution < -0.4 is 14.8 Å². The van der Waals surface area contributed by atoms with Gasteiger partial charge in [0.05, 0.1) is 18.6 Å². The Hall–Kier alpha value is -4.25. The van der Waals surface area contributed by atoms with Gasteiger partial charge in [-0.05, 0) is 42.5 Å². The second-order valence-corrected chi connectivity index (χ2v) is 7.13. The second-order valence-electron chi connectivity index (χ2n) is 6.72. The Bertz CT molecular complexity index is 1320. The van der Waals surface area contributed by atoms with Gasteiger partial charge < -0.3 is 14.8 Å². The number of aromatic nitrogens is 4. The van der Waals surface area contributed by atoms with Crippen LogP contribution in [0.2, 0.25) is 5.02 Å². The van der Waals surface area contributed by atoms with Crippen LogP contribution in [0.15, 0.2) is 54.6 Å². The van der Waals surface area contributed by atoms with Crippen LogP contribution in [0.1, 0.15) is 10.4 Å². The SMILES string of the molecule is COc1ccc(-c2nnc3ccc(OCCNC(=O)c4ccc(Cl)c([N+](=O)[O-])c4)nn23)cc1. The summed E-state index contributed by atoms with van der Waals surface area (Å²) in [5.41, 5.74) is 1.14. The molecule has 4 rings (SSSR count). The van der Waals surface area contributed by atoms with Gasteiger partial charge in [-0.25, -0.2) is 0 Å². The molecule has 0 aliphatic heterocycles. The summed E-state index contributed by atoms with van der Waals surface area (Å²) in [6, 6.07) is 14.5. The third kappa shape index (κ3) is 4.83. The third-order valence-corrected chi connectivity index (χ3v) is 4.95. The molecule has 1 N–H and O–H groups in total. The monoisotopic (exact) mass is 468 g/mol. The van der Waals surface area contributed by atoms with E-state index < -0.39 is 10.8 Å². The number of carbonyl (C=O) groups is 1. The molecule has 0 unspecified atom stereocenters. The maximum atomic E-state index is 12.3. The largest absolute Gasteiger partial charge is 0.497 e. The van der Waals surface area contributed by atoms with Crippen molar-refractivity contribution in [1.29, 1.82) is 0 Å². The summed E-state index contributed by atoms with van der Waals surface area (Å²) in [7, 11) is 1.59. The van der Waals surface area contributed by atoms with Gasteiger partial charge in [-0.3, -0.25) is 14.9 Å². The molecule has 11 nitrogen and oxygen atoms in total. The second kappa shape index (κ2) is 9.49. The van der Waals surface area contributed by atoms with Crippen LogP contribution in [-0.2, 0) is 0 Å². The minimum Gasteiger partial charge on any atom is -0.497 e. The lowest BCUT2D eigenvalue weighted by Crippen LogP contribution is -2.28. The molecule has 168 valence electrons. The lowest BCUT2D eigenvalue weighted by atomic mass is 10.2. The molecule has 33 heavy (non-hydrogen) atoms. The van der Waals surface area contributed by atoms with Crippen LogP contribution >= 0.6 is 11.6 Å². The molecule has 0 radical (unpaired) electrons. The summed E-state index contributed by atoms with van der Waals surface area (Å²) in [5.74, 6) is 1.09. The molecule has 1 amide bonds. The summed E-state index contributed by atoms with van der Waals surface area (Å²) in [4.78, 5) is 22.6. The minimum absolute atomic E-state index is 0.0376. The zero-order valence-corrected chi connectivity index (χ0v) is 18.0. The number of halogens is 1. The van der Waals surface area contributed by atoms with E-state index in [4.69, 9.17) is 21.1 Å². The Morgan fingerprint density at radius 2 is 1.94 bits per heavy atom. The number of methoxy groups -OCH3 is 1. The maximum Gasteiger partial charge on any atom is 0.288 e. The fraction of sp³-hybridized carbons (Fsp3) is 0.143. The van der Waals surface area contributed by atoms with Crippen molar-refractivity contribution in [3.8, 4) is 23.0 Å².